The molecule has 0 atom stereocenters. The number of piperidine rings is 1. The van der Waals surface area contributed by atoms with Crippen molar-refractivity contribution >= 4 is 11.6 Å². The second-order valence-electron chi connectivity index (χ2n) is 9.52. The van der Waals surface area contributed by atoms with E-state index in [4.69, 9.17) is 0 Å². The van der Waals surface area contributed by atoms with Crippen molar-refractivity contribution in [2.45, 2.75) is 44.6 Å². The van der Waals surface area contributed by atoms with Crippen molar-refractivity contribution in [2.75, 3.05) is 26.2 Å². The standard InChI is InChI=1S/C30H35N3O3/c1-2-32(30(34)23-24-13-15-28(16-14-24)33(35)36)27-17-20-31(21-18-27)22-19-29(25-9-5-3-6-10-25)26-11-7-4-8-12-26/h3-16,27,29H,2,17-23H2,1H3. The number of non-ortho nitro benzene ring substituents is 1. The van der Waals surface area contributed by atoms with Crippen LogP contribution in [0.1, 0.15) is 48.8 Å². The number of likely N-dealkylation sites (N-methyl/N-ethyl adjacent to an activating group) is 1. The van der Waals surface area contributed by atoms with Gasteiger partial charge in [0.25, 0.3) is 5.69 Å². The third-order valence-electron chi connectivity index (χ3n) is 7.30. The minimum absolute atomic E-state index is 0.0488. The van der Waals surface area contributed by atoms with Crippen LogP contribution in [-0.4, -0.2) is 52.9 Å². The van der Waals surface area contributed by atoms with Gasteiger partial charge in [0.2, 0.25) is 5.91 Å². The summed E-state index contributed by atoms with van der Waals surface area (Å²) in [5, 5.41) is 10.9. The molecule has 188 valence electrons. The molecule has 0 N–H and O–H groups in total. The molecular weight excluding hydrogens is 450 g/mol. The molecule has 1 aliphatic heterocycles. The molecular formula is C30H35N3O3. The van der Waals surface area contributed by atoms with E-state index in [2.05, 4.69) is 65.6 Å². The Labute approximate surface area is 213 Å². The van der Waals surface area contributed by atoms with E-state index in [1.54, 1.807) is 12.1 Å². The molecule has 36 heavy (non-hydrogen) atoms. The van der Waals surface area contributed by atoms with Gasteiger partial charge in [0, 0.05) is 43.7 Å². The predicted molar refractivity (Wildman–Crippen MR) is 143 cm³/mol. The maximum atomic E-state index is 13.1. The fraction of sp³-hybridized carbons (Fsp3) is 0.367. The molecule has 0 bridgehead atoms. The zero-order valence-corrected chi connectivity index (χ0v) is 21.0. The van der Waals surface area contributed by atoms with E-state index < -0.39 is 4.92 Å². The van der Waals surface area contributed by atoms with Crippen LogP contribution >= 0.6 is 0 Å². The molecule has 3 aromatic carbocycles. The summed E-state index contributed by atoms with van der Waals surface area (Å²) in [6, 6.07) is 28.0. The molecule has 4 rings (SSSR count). The van der Waals surface area contributed by atoms with Crippen LogP contribution < -0.4 is 0 Å². The first-order valence-corrected chi connectivity index (χ1v) is 12.9. The molecule has 0 spiro atoms. The lowest BCUT2D eigenvalue weighted by Gasteiger charge is -2.38. The van der Waals surface area contributed by atoms with Crippen molar-refractivity contribution in [1.82, 2.24) is 9.80 Å². The Morgan fingerprint density at radius 3 is 2.00 bits per heavy atom. The Bertz CT molecular complexity index is 1070. The molecule has 1 amide bonds. The first-order chi connectivity index (χ1) is 17.5. The summed E-state index contributed by atoms with van der Waals surface area (Å²) in [7, 11) is 0. The van der Waals surface area contributed by atoms with Crippen molar-refractivity contribution in [1.29, 1.82) is 0 Å². The van der Waals surface area contributed by atoms with Gasteiger partial charge < -0.3 is 9.80 Å². The van der Waals surface area contributed by atoms with Crippen molar-refractivity contribution in [2.24, 2.45) is 0 Å². The molecule has 0 aromatic heterocycles. The quantitative estimate of drug-likeness (QED) is 0.274. The molecule has 1 heterocycles. The zero-order valence-electron chi connectivity index (χ0n) is 21.0. The monoisotopic (exact) mass is 485 g/mol. The number of benzene rings is 3. The number of hydrogen-bond donors (Lipinski definition) is 0. The van der Waals surface area contributed by atoms with Gasteiger partial charge >= 0.3 is 0 Å². The lowest BCUT2D eigenvalue weighted by atomic mass is 9.88. The fourth-order valence-corrected chi connectivity index (χ4v) is 5.31. The normalized spacial score (nSPS) is 14.6. The Kier molecular flexibility index (Phi) is 8.85. The third kappa shape index (κ3) is 6.58. The molecule has 6 nitrogen and oxygen atoms in total. The second-order valence-corrected chi connectivity index (χ2v) is 9.52. The van der Waals surface area contributed by atoms with Gasteiger partial charge in [-0.1, -0.05) is 72.8 Å². The number of nitro groups is 1. The van der Waals surface area contributed by atoms with E-state index in [1.807, 2.05) is 11.8 Å². The van der Waals surface area contributed by atoms with Gasteiger partial charge in [0.1, 0.15) is 0 Å². The summed E-state index contributed by atoms with van der Waals surface area (Å²) in [4.78, 5) is 28.0. The summed E-state index contributed by atoms with van der Waals surface area (Å²) in [6.07, 6.45) is 3.29. The van der Waals surface area contributed by atoms with E-state index >= 15 is 0 Å². The fourth-order valence-electron chi connectivity index (χ4n) is 5.31. The number of nitro benzene ring substituents is 1. The summed E-state index contributed by atoms with van der Waals surface area (Å²) in [6.45, 7) is 5.72. The summed E-state index contributed by atoms with van der Waals surface area (Å²) >= 11 is 0. The molecule has 1 fully saturated rings. The predicted octanol–water partition coefficient (Wildman–Crippen LogP) is 5.67. The Morgan fingerprint density at radius 2 is 1.50 bits per heavy atom. The highest BCUT2D eigenvalue weighted by Crippen LogP contribution is 2.29. The van der Waals surface area contributed by atoms with Gasteiger partial charge in [0.05, 0.1) is 11.3 Å². The van der Waals surface area contributed by atoms with Gasteiger partial charge in [-0.25, -0.2) is 0 Å². The van der Waals surface area contributed by atoms with Crippen LogP contribution in [0.3, 0.4) is 0 Å². The maximum Gasteiger partial charge on any atom is 0.269 e. The van der Waals surface area contributed by atoms with E-state index in [0.717, 1.165) is 44.5 Å². The average molecular weight is 486 g/mol. The molecule has 1 saturated heterocycles. The SMILES string of the molecule is CCN(C(=O)Cc1ccc([N+](=O)[O-])cc1)C1CCN(CCC(c2ccccc2)c2ccccc2)CC1. The maximum absolute atomic E-state index is 13.1. The van der Waals surface area contributed by atoms with Gasteiger partial charge in [-0.05, 0) is 49.4 Å². The van der Waals surface area contributed by atoms with Crippen LogP contribution in [0.5, 0.6) is 0 Å². The number of carbonyl (C=O) groups excluding carboxylic acids is 1. The first-order valence-electron chi connectivity index (χ1n) is 12.9. The zero-order chi connectivity index (χ0) is 25.3. The van der Waals surface area contributed by atoms with Gasteiger partial charge in [-0.15, -0.1) is 0 Å². The third-order valence-corrected chi connectivity index (χ3v) is 7.30. The van der Waals surface area contributed by atoms with Gasteiger partial charge in [-0.3, -0.25) is 14.9 Å². The van der Waals surface area contributed by atoms with Crippen LogP contribution in [0.15, 0.2) is 84.9 Å². The van der Waals surface area contributed by atoms with Crippen LogP contribution in [0.2, 0.25) is 0 Å². The van der Waals surface area contributed by atoms with Gasteiger partial charge in [-0.2, -0.15) is 0 Å². The smallest absolute Gasteiger partial charge is 0.269 e. The Hall–Kier alpha value is -3.51. The van der Waals surface area contributed by atoms with Crippen LogP contribution in [0.4, 0.5) is 5.69 Å². The number of hydrogen-bond acceptors (Lipinski definition) is 4. The van der Waals surface area contributed by atoms with E-state index in [0.29, 0.717) is 12.5 Å². The van der Waals surface area contributed by atoms with Crippen molar-refractivity contribution in [3.05, 3.63) is 112 Å². The number of carbonyl (C=O) groups is 1. The minimum Gasteiger partial charge on any atom is -0.340 e. The van der Waals surface area contributed by atoms with Crippen LogP contribution in [-0.2, 0) is 11.2 Å². The number of likely N-dealkylation sites (tertiary alicyclic amines) is 1. The van der Waals surface area contributed by atoms with E-state index in [1.165, 1.54) is 23.3 Å². The molecule has 0 saturated carbocycles. The van der Waals surface area contributed by atoms with Gasteiger partial charge in [0.15, 0.2) is 0 Å². The lowest BCUT2D eigenvalue weighted by molar-refractivity contribution is -0.384. The number of rotatable bonds is 10. The van der Waals surface area contributed by atoms with E-state index in [9.17, 15) is 14.9 Å². The molecule has 1 aliphatic rings. The Morgan fingerprint density at radius 1 is 0.944 bits per heavy atom. The van der Waals surface area contributed by atoms with Crippen molar-refractivity contribution in [3.8, 4) is 0 Å². The Balaban J connectivity index is 1.31. The van der Waals surface area contributed by atoms with Crippen LogP contribution in [0.25, 0.3) is 0 Å². The molecule has 0 radical (unpaired) electrons. The molecule has 6 heteroatoms. The molecule has 3 aromatic rings. The largest absolute Gasteiger partial charge is 0.340 e. The molecule has 0 unspecified atom stereocenters. The van der Waals surface area contributed by atoms with Crippen molar-refractivity contribution < 1.29 is 9.72 Å². The number of amides is 1. The minimum atomic E-state index is -0.417. The first kappa shape index (κ1) is 25.6. The lowest BCUT2D eigenvalue weighted by Crippen LogP contribution is -2.48. The summed E-state index contributed by atoms with van der Waals surface area (Å²) in [5.74, 6) is 0.471. The van der Waals surface area contributed by atoms with E-state index in [-0.39, 0.29) is 24.1 Å². The topological polar surface area (TPSA) is 66.7 Å². The highest BCUT2D eigenvalue weighted by molar-refractivity contribution is 5.79. The second kappa shape index (κ2) is 12.5. The van der Waals surface area contributed by atoms with Crippen molar-refractivity contribution in [3.63, 3.8) is 0 Å². The molecule has 0 aliphatic carbocycles. The van der Waals surface area contributed by atoms with Crippen LogP contribution in [0, 0.1) is 10.1 Å². The number of nitrogens with zero attached hydrogens (tertiary/aromatic N) is 3. The highest BCUT2D eigenvalue weighted by Gasteiger charge is 2.27. The highest BCUT2D eigenvalue weighted by atomic mass is 16.6. The summed E-state index contributed by atoms with van der Waals surface area (Å²) < 4.78 is 0. The average Bonchev–Trinajstić information content (AvgIpc) is 2.91. The summed E-state index contributed by atoms with van der Waals surface area (Å²) in [5.41, 5.74) is 3.57.